The summed E-state index contributed by atoms with van der Waals surface area (Å²) >= 11 is 0. The van der Waals surface area contributed by atoms with E-state index in [4.69, 9.17) is 9.57 Å². The molecule has 0 aromatic heterocycles. The lowest BCUT2D eigenvalue weighted by Gasteiger charge is -2.25. The van der Waals surface area contributed by atoms with Gasteiger partial charge in [-0.15, -0.1) is 0 Å². The van der Waals surface area contributed by atoms with Crippen molar-refractivity contribution in [1.82, 2.24) is 4.90 Å². The maximum atomic E-state index is 12.7. The molecule has 1 fully saturated rings. The smallest absolute Gasteiger partial charge is 0.394 e. The second-order valence-corrected chi connectivity index (χ2v) is 5.49. The van der Waals surface area contributed by atoms with Gasteiger partial charge in [-0.1, -0.05) is 23.4 Å². The molecule has 0 atom stereocenters. The first-order chi connectivity index (χ1) is 10.9. The van der Waals surface area contributed by atoms with Crippen molar-refractivity contribution in [2.45, 2.75) is 19.5 Å². The number of rotatable bonds is 6. The first-order valence-corrected chi connectivity index (χ1v) is 7.57. The van der Waals surface area contributed by atoms with Crippen LogP contribution in [0.5, 0.6) is 0 Å². The van der Waals surface area contributed by atoms with Crippen LogP contribution in [0.3, 0.4) is 0 Å². The fourth-order valence-electron chi connectivity index (χ4n) is 2.34. The van der Waals surface area contributed by atoms with Crippen LogP contribution in [0.15, 0.2) is 29.4 Å². The Morgan fingerprint density at radius 1 is 1.30 bits per heavy atom. The van der Waals surface area contributed by atoms with E-state index in [2.05, 4.69) is 10.1 Å². The van der Waals surface area contributed by atoms with Crippen LogP contribution >= 0.6 is 0 Å². The first kappa shape index (κ1) is 17.7. The standard InChI is InChI=1S/C16H21F3N2O2/c1-13(20-23-10-7-21-5-8-22-9-6-21)11-14-3-2-4-15(12-14)16(17,18)19/h2-4,12H,5-11H2,1H3/b20-13+. The van der Waals surface area contributed by atoms with E-state index in [1.807, 2.05) is 0 Å². The second kappa shape index (κ2) is 8.31. The number of hydrogen-bond acceptors (Lipinski definition) is 4. The zero-order valence-corrected chi connectivity index (χ0v) is 13.1. The van der Waals surface area contributed by atoms with Crippen LogP contribution in [0.4, 0.5) is 13.2 Å². The third kappa shape index (κ3) is 6.19. The Kier molecular flexibility index (Phi) is 6.41. The molecule has 1 aliphatic heterocycles. The lowest BCUT2D eigenvalue weighted by atomic mass is 10.1. The molecular weight excluding hydrogens is 309 g/mol. The van der Waals surface area contributed by atoms with Gasteiger partial charge in [-0.05, 0) is 18.6 Å². The Morgan fingerprint density at radius 3 is 2.74 bits per heavy atom. The molecule has 23 heavy (non-hydrogen) atoms. The van der Waals surface area contributed by atoms with Gasteiger partial charge in [0.15, 0.2) is 0 Å². The summed E-state index contributed by atoms with van der Waals surface area (Å²) in [6, 6.07) is 5.27. The Bertz CT molecular complexity index is 526. The molecule has 1 aromatic carbocycles. The summed E-state index contributed by atoms with van der Waals surface area (Å²) in [4.78, 5) is 7.47. The summed E-state index contributed by atoms with van der Waals surface area (Å²) < 4.78 is 43.2. The van der Waals surface area contributed by atoms with Gasteiger partial charge in [-0.25, -0.2) is 0 Å². The van der Waals surface area contributed by atoms with E-state index in [-0.39, 0.29) is 0 Å². The number of oxime groups is 1. The molecule has 128 valence electrons. The summed E-state index contributed by atoms with van der Waals surface area (Å²) in [5.41, 5.74) is 0.570. The van der Waals surface area contributed by atoms with Crippen molar-refractivity contribution in [2.75, 3.05) is 39.5 Å². The number of halogens is 3. The van der Waals surface area contributed by atoms with Gasteiger partial charge in [0.2, 0.25) is 0 Å². The largest absolute Gasteiger partial charge is 0.416 e. The summed E-state index contributed by atoms with van der Waals surface area (Å²) in [7, 11) is 0. The van der Waals surface area contributed by atoms with Gasteiger partial charge in [0, 0.05) is 26.1 Å². The number of nitrogens with zero attached hydrogens (tertiary/aromatic N) is 2. The van der Waals surface area contributed by atoms with E-state index >= 15 is 0 Å². The highest BCUT2D eigenvalue weighted by molar-refractivity contribution is 5.83. The molecule has 0 aliphatic carbocycles. The fourth-order valence-corrected chi connectivity index (χ4v) is 2.34. The number of hydrogen-bond donors (Lipinski definition) is 0. The molecule has 0 N–H and O–H groups in total. The lowest BCUT2D eigenvalue weighted by molar-refractivity contribution is -0.137. The molecule has 0 unspecified atom stereocenters. The van der Waals surface area contributed by atoms with Gasteiger partial charge in [0.25, 0.3) is 0 Å². The highest BCUT2D eigenvalue weighted by Gasteiger charge is 2.30. The van der Waals surface area contributed by atoms with Crippen LogP contribution in [0.2, 0.25) is 0 Å². The minimum atomic E-state index is -4.32. The van der Waals surface area contributed by atoms with Crippen LogP contribution in [0.25, 0.3) is 0 Å². The summed E-state index contributed by atoms with van der Waals surface area (Å²) in [5.74, 6) is 0. The zero-order chi connectivity index (χ0) is 16.7. The number of ether oxygens (including phenoxy) is 1. The van der Waals surface area contributed by atoms with Crippen LogP contribution in [-0.4, -0.2) is 50.1 Å². The molecule has 7 heteroatoms. The zero-order valence-electron chi connectivity index (χ0n) is 13.1. The van der Waals surface area contributed by atoms with Crippen molar-refractivity contribution in [3.63, 3.8) is 0 Å². The van der Waals surface area contributed by atoms with Crippen molar-refractivity contribution < 1.29 is 22.7 Å². The molecule has 2 rings (SSSR count). The molecule has 1 saturated heterocycles. The maximum absolute atomic E-state index is 12.7. The maximum Gasteiger partial charge on any atom is 0.416 e. The number of alkyl halides is 3. The minimum Gasteiger partial charge on any atom is -0.394 e. The summed E-state index contributed by atoms with van der Waals surface area (Å²) in [5, 5.41) is 3.97. The molecule has 0 spiro atoms. The van der Waals surface area contributed by atoms with Crippen LogP contribution < -0.4 is 0 Å². The van der Waals surface area contributed by atoms with Crippen molar-refractivity contribution >= 4 is 5.71 Å². The van der Waals surface area contributed by atoms with Gasteiger partial charge in [-0.2, -0.15) is 13.2 Å². The van der Waals surface area contributed by atoms with E-state index in [0.29, 0.717) is 24.3 Å². The molecule has 4 nitrogen and oxygen atoms in total. The first-order valence-electron chi connectivity index (χ1n) is 7.57. The van der Waals surface area contributed by atoms with Crippen LogP contribution in [-0.2, 0) is 22.2 Å². The molecule has 1 aromatic rings. The Morgan fingerprint density at radius 2 is 2.04 bits per heavy atom. The average molecular weight is 330 g/mol. The minimum absolute atomic E-state index is 0.335. The van der Waals surface area contributed by atoms with Crippen molar-refractivity contribution in [1.29, 1.82) is 0 Å². The number of benzene rings is 1. The summed E-state index contributed by atoms with van der Waals surface area (Å²) in [6.07, 6.45) is -3.99. The van der Waals surface area contributed by atoms with Crippen LogP contribution in [0, 0.1) is 0 Å². The third-order valence-electron chi connectivity index (χ3n) is 3.54. The molecule has 1 heterocycles. The number of morpholine rings is 1. The SMILES string of the molecule is C/C(Cc1cccc(C(F)(F)F)c1)=N\OCCN1CCOCC1. The second-order valence-electron chi connectivity index (χ2n) is 5.49. The molecule has 0 saturated carbocycles. The predicted octanol–water partition coefficient (Wildman–Crippen LogP) is 2.97. The van der Waals surface area contributed by atoms with Crippen LogP contribution in [0.1, 0.15) is 18.1 Å². The topological polar surface area (TPSA) is 34.1 Å². The molecular formula is C16H21F3N2O2. The Hall–Kier alpha value is -1.60. The normalized spacial score (nSPS) is 17.3. The Labute approximate surface area is 133 Å². The highest BCUT2D eigenvalue weighted by Crippen LogP contribution is 2.29. The predicted molar refractivity (Wildman–Crippen MR) is 81.5 cm³/mol. The summed E-state index contributed by atoms with van der Waals surface area (Å²) in [6.45, 7) is 6.21. The van der Waals surface area contributed by atoms with Gasteiger partial charge in [-0.3, -0.25) is 4.90 Å². The van der Waals surface area contributed by atoms with Gasteiger partial charge >= 0.3 is 6.18 Å². The quantitative estimate of drug-likeness (QED) is 0.457. The highest BCUT2D eigenvalue weighted by atomic mass is 19.4. The molecule has 0 amide bonds. The van der Waals surface area contributed by atoms with Gasteiger partial charge in [0.05, 0.1) is 24.5 Å². The molecule has 0 radical (unpaired) electrons. The van der Waals surface area contributed by atoms with E-state index in [1.165, 1.54) is 6.07 Å². The molecule has 1 aliphatic rings. The van der Waals surface area contributed by atoms with E-state index in [9.17, 15) is 13.2 Å². The average Bonchev–Trinajstić information content (AvgIpc) is 2.52. The van der Waals surface area contributed by atoms with Gasteiger partial charge in [0.1, 0.15) is 6.61 Å². The fraction of sp³-hybridized carbons (Fsp3) is 0.562. The van der Waals surface area contributed by atoms with E-state index in [0.717, 1.165) is 45.0 Å². The van der Waals surface area contributed by atoms with Gasteiger partial charge < -0.3 is 9.57 Å². The molecule has 0 bridgehead atoms. The van der Waals surface area contributed by atoms with Crippen molar-refractivity contribution in [3.8, 4) is 0 Å². The van der Waals surface area contributed by atoms with E-state index in [1.54, 1.807) is 13.0 Å². The Balaban J connectivity index is 1.78. The monoisotopic (exact) mass is 330 g/mol. The third-order valence-corrected chi connectivity index (χ3v) is 3.54. The lowest BCUT2D eigenvalue weighted by Crippen LogP contribution is -2.38. The van der Waals surface area contributed by atoms with Crippen molar-refractivity contribution in [2.24, 2.45) is 5.16 Å². The van der Waals surface area contributed by atoms with E-state index < -0.39 is 11.7 Å². The van der Waals surface area contributed by atoms with Crippen molar-refractivity contribution in [3.05, 3.63) is 35.4 Å².